The van der Waals surface area contributed by atoms with Crippen molar-refractivity contribution in [2.24, 2.45) is 0 Å². The second kappa shape index (κ2) is 18.4. The van der Waals surface area contributed by atoms with Crippen molar-refractivity contribution in [3.63, 3.8) is 0 Å². The van der Waals surface area contributed by atoms with Crippen LogP contribution in [-0.4, -0.2) is 31.0 Å². The fourth-order valence-electron chi connectivity index (χ4n) is 7.72. The molecule has 0 N–H and O–H groups in total. The van der Waals surface area contributed by atoms with Crippen LogP contribution < -0.4 is 0 Å². The molecule has 2 heterocycles. The summed E-state index contributed by atoms with van der Waals surface area (Å²) in [6.07, 6.45) is -0.519. The number of hydrogen-bond acceptors (Lipinski definition) is 6. The van der Waals surface area contributed by atoms with Crippen LogP contribution in [0.3, 0.4) is 0 Å². The van der Waals surface area contributed by atoms with Gasteiger partial charge in [-0.15, -0.1) is 0 Å². The van der Waals surface area contributed by atoms with E-state index in [0.29, 0.717) is 33.0 Å². The average molecular weight is 747 g/mol. The van der Waals surface area contributed by atoms with Crippen molar-refractivity contribution in [2.75, 3.05) is 6.61 Å². The molecule has 0 unspecified atom stereocenters. The largest absolute Gasteiger partial charge is 0.374 e. The molecule has 1 fully saturated rings. The molecule has 2 aliphatic rings. The normalized spacial score (nSPS) is 20.6. The molecule has 5 atom stereocenters. The molecule has 6 aromatic carbocycles. The monoisotopic (exact) mass is 746 g/mol. The molecular formula is C50H50O6. The Morgan fingerprint density at radius 1 is 0.571 bits per heavy atom. The highest BCUT2D eigenvalue weighted by Crippen LogP contribution is 2.51. The van der Waals surface area contributed by atoms with Crippen LogP contribution in [0.5, 0.6) is 0 Å². The molecule has 0 radical (unpaired) electrons. The second-order valence-electron chi connectivity index (χ2n) is 14.7. The summed E-state index contributed by atoms with van der Waals surface area (Å²) in [5.74, 6) is -1.24. The molecule has 0 saturated carbocycles. The van der Waals surface area contributed by atoms with Crippen molar-refractivity contribution >= 4 is 0 Å². The minimum atomic E-state index is -1.24. The van der Waals surface area contributed by atoms with Crippen LogP contribution in [0.25, 0.3) is 0 Å². The van der Waals surface area contributed by atoms with Crippen molar-refractivity contribution in [2.45, 2.75) is 83.0 Å². The quantitative estimate of drug-likeness (QED) is 0.0927. The average Bonchev–Trinajstić information content (AvgIpc) is 3.78. The van der Waals surface area contributed by atoms with E-state index in [1.807, 2.05) is 72.8 Å². The van der Waals surface area contributed by atoms with Gasteiger partial charge < -0.3 is 28.4 Å². The van der Waals surface area contributed by atoms with E-state index in [1.54, 1.807) is 0 Å². The molecule has 0 aromatic heterocycles. The van der Waals surface area contributed by atoms with Crippen LogP contribution in [0, 0.1) is 0 Å². The number of fused-ring (bicyclic) bond motifs is 2. The first-order valence-corrected chi connectivity index (χ1v) is 19.8. The lowest BCUT2D eigenvalue weighted by atomic mass is 9.92. The maximum Gasteiger partial charge on any atom is 0.226 e. The summed E-state index contributed by atoms with van der Waals surface area (Å²) in [5.41, 5.74) is 10.1. The molecule has 56 heavy (non-hydrogen) atoms. The highest BCUT2D eigenvalue weighted by molar-refractivity contribution is 5.42. The molecule has 2 aliphatic heterocycles. The number of benzene rings is 6. The summed E-state index contributed by atoms with van der Waals surface area (Å²) in [6.45, 7) is 4.40. The first kappa shape index (κ1) is 38.0. The van der Waals surface area contributed by atoms with Gasteiger partial charge in [0.1, 0.15) is 24.4 Å². The molecule has 6 heteroatoms. The van der Waals surface area contributed by atoms with Gasteiger partial charge >= 0.3 is 0 Å². The van der Waals surface area contributed by atoms with Crippen molar-refractivity contribution < 1.29 is 28.4 Å². The molecule has 0 amide bonds. The summed E-state index contributed by atoms with van der Waals surface area (Å²) in [7, 11) is 0. The SMILES string of the molecule is CCc1ccc(Cc2ccc3c(c2)[C@]2(OC3)O[C@H]([C@@H](COCc3ccccc3)OCc3ccccc3)[C@H](OCc3ccccc3)[C@H]2OCc2ccccc2)cc1. The second-order valence-corrected chi connectivity index (χ2v) is 14.7. The Kier molecular flexibility index (Phi) is 12.4. The Morgan fingerprint density at radius 3 is 1.71 bits per heavy atom. The highest BCUT2D eigenvalue weighted by Gasteiger charge is 2.63. The summed E-state index contributed by atoms with van der Waals surface area (Å²) in [4.78, 5) is 0. The maximum atomic E-state index is 7.35. The van der Waals surface area contributed by atoms with Gasteiger partial charge in [0.2, 0.25) is 5.79 Å². The standard InChI is InChI=1S/C50H50O6/c1-2-37-23-25-38(26-24-37)29-43-27-28-44-35-55-50(45(44)30-43)49(54-34-42-21-13-6-14-22-42)48(53-33-41-19-11-5-12-20-41)47(56-50)46(52-32-40-17-9-4-10-18-40)36-51-31-39-15-7-3-8-16-39/h3-28,30,46-49H,2,29,31-36H2,1H3/t46-,47-,48+,49-,50+/m1/s1. The molecule has 8 rings (SSSR count). The molecule has 286 valence electrons. The van der Waals surface area contributed by atoms with Gasteiger partial charge in [-0.3, -0.25) is 0 Å². The Bertz CT molecular complexity index is 2090. The summed E-state index contributed by atoms with van der Waals surface area (Å²) < 4.78 is 41.5. The lowest BCUT2D eigenvalue weighted by Gasteiger charge is -2.32. The van der Waals surface area contributed by atoms with Gasteiger partial charge in [-0.05, 0) is 63.4 Å². The molecule has 0 aliphatic carbocycles. The zero-order chi connectivity index (χ0) is 38.0. The predicted molar refractivity (Wildman–Crippen MR) is 218 cm³/mol. The third-order valence-electron chi connectivity index (χ3n) is 10.8. The summed E-state index contributed by atoms with van der Waals surface area (Å²) >= 11 is 0. The van der Waals surface area contributed by atoms with Crippen LogP contribution in [0.4, 0.5) is 0 Å². The van der Waals surface area contributed by atoms with Crippen molar-refractivity contribution in [3.05, 3.63) is 214 Å². The van der Waals surface area contributed by atoms with Crippen molar-refractivity contribution in [1.29, 1.82) is 0 Å². The predicted octanol–water partition coefficient (Wildman–Crippen LogP) is 9.89. The third-order valence-corrected chi connectivity index (χ3v) is 10.8. The zero-order valence-electron chi connectivity index (χ0n) is 32.0. The van der Waals surface area contributed by atoms with Gasteiger partial charge in [-0.1, -0.05) is 165 Å². The van der Waals surface area contributed by atoms with Gasteiger partial charge in [-0.2, -0.15) is 0 Å². The van der Waals surface area contributed by atoms with E-state index in [-0.39, 0.29) is 6.61 Å². The highest BCUT2D eigenvalue weighted by atomic mass is 16.8. The van der Waals surface area contributed by atoms with Gasteiger partial charge in [0.15, 0.2) is 0 Å². The topological polar surface area (TPSA) is 55.4 Å². The van der Waals surface area contributed by atoms with E-state index in [2.05, 4.69) is 97.9 Å². The Morgan fingerprint density at radius 2 is 1.11 bits per heavy atom. The van der Waals surface area contributed by atoms with Crippen LogP contribution in [0.15, 0.2) is 164 Å². The Balaban J connectivity index is 1.17. The van der Waals surface area contributed by atoms with E-state index in [4.69, 9.17) is 28.4 Å². The van der Waals surface area contributed by atoms with E-state index in [0.717, 1.165) is 46.2 Å². The van der Waals surface area contributed by atoms with Gasteiger partial charge in [0, 0.05) is 5.56 Å². The lowest BCUT2D eigenvalue weighted by Crippen LogP contribution is -2.46. The van der Waals surface area contributed by atoms with Gasteiger partial charge in [-0.25, -0.2) is 0 Å². The molecule has 6 nitrogen and oxygen atoms in total. The smallest absolute Gasteiger partial charge is 0.226 e. The fraction of sp³-hybridized carbons (Fsp3) is 0.280. The number of hydrogen-bond donors (Lipinski definition) is 0. The van der Waals surface area contributed by atoms with Crippen LogP contribution >= 0.6 is 0 Å². The molecule has 6 aromatic rings. The fourth-order valence-corrected chi connectivity index (χ4v) is 7.72. The Hall–Kier alpha value is -4.92. The van der Waals surface area contributed by atoms with Gasteiger partial charge in [0.05, 0.1) is 39.6 Å². The minimum Gasteiger partial charge on any atom is -0.374 e. The third kappa shape index (κ3) is 9.03. The summed E-state index contributed by atoms with van der Waals surface area (Å²) in [5, 5.41) is 0. The minimum absolute atomic E-state index is 0.278. The Labute approximate surface area is 330 Å². The summed E-state index contributed by atoms with van der Waals surface area (Å²) in [6, 6.07) is 56.4. The van der Waals surface area contributed by atoms with Crippen LogP contribution in [0.2, 0.25) is 0 Å². The number of rotatable bonds is 17. The van der Waals surface area contributed by atoms with E-state index in [9.17, 15) is 0 Å². The number of aryl methyl sites for hydroxylation is 1. The zero-order valence-corrected chi connectivity index (χ0v) is 32.0. The first-order valence-electron chi connectivity index (χ1n) is 19.8. The molecular weight excluding hydrogens is 697 g/mol. The van der Waals surface area contributed by atoms with Gasteiger partial charge in [0.25, 0.3) is 0 Å². The van der Waals surface area contributed by atoms with Crippen molar-refractivity contribution in [3.8, 4) is 0 Å². The molecule has 0 bridgehead atoms. The van der Waals surface area contributed by atoms with Crippen LogP contribution in [-0.2, 0) is 80.1 Å². The van der Waals surface area contributed by atoms with Crippen LogP contribution in [0.1, 0.15) is 57.0 Å². The lowest BCUT2D eigenvalue weighted by molar-refractivity contribution is -0.280. The molecule has 1 saturated heterocycles. The number of ether oxygens (including phenoxy) is 6. The van der Waals surface area contributed by atoms with E-state index >= 15 is 0 Å². The van der Waals surface area contributed by atoms with E-state index < -0.39 is 30.2 Å². The van der Waals surface area contributed by atoms with Crippen molar-refractivity contribution in [1.82, 2.24) is 0 Å². The molecule has 1 spiro atoms. The maximum absolute atomic E-state index is 7.35. The van der Waals surface area contributed by atoms with E-state index in [1.165, 1.54) is 16.7 Å². The first-order chi connectivity index (χ1) is 27.7.